The van der Waals surface area contributed by atoms with Crippen molar-refractivity contribution in [2.24, 2.45) is 5.16 Å². The molecule has 1 aromatic rings. The van der Waals surface area contributed by atoms with Crippen LogP contribution in [0.4, 0.5) is 4.39 Å². The topological polar surface area (TPSA) is 41.8 Å². The van der Waals surface area contributed by atoms with Crippen molar-refractivity contribution in [1.29, 1.82) is 0 Å². The molecule has 1 spiro atoms. The number of hydrogen-bond donors (Lipinski definition) is 1. The van der Waals surface area contributed by atoms with Crippen molar-refractivity contribution < 1.29 is 14.3 Å². The van der Waals surface area contributed by atoms with Gasteiger partial charge in [0.05, 0.1) is 5.71 Å². The maximum Gasteiger partial charge on any atom is 0.129 e. The first-order valence-electron chi connectivity index (χ1n) is 5.42. The molecule has 3 nitrogen and oxygen atoms in total. The summed E-state index contributed by atoms with van der Waals surface area (Å²) in [6, 6.07) is 4.33. The molecular weight excluding hydrogens is 209 g/mol. The second-order valence-corrected chi connectivity index (χ2v) is 4.50. The molecule has 0 bridgehead atoms. The fourth-order valence-corrected chi connectivity index (χ4v) is 2.43. The van der Waals surface area contributed by atoms with Crippen LogP contribution in [0.3, 0.4) is 0 Å². The molecule has 2 aliphatic rings. The first-order valence-corrected chi connectivity index (χ1v) is 5.42. The van der Waals surface area contributed by atoms with Gasteiger partial charge in [-0.1, -0.05) is 5.16 Å². The molecule has 1 aliphatic carbocycles. The highest BCUT2D eigenvalue weighted by Gasteiger charge is 2.44. The minimum atomic E-state index is -0.340. The van der Waals surface area contributed by atoms with Crippen molar-refractivity contribution in [3.8, 4) is 5.75 Å². The summed E-state index contributed by atoms with van der Waals surface area (Å²) in [4.78, 5) is 0. The Bertz CT molecular complexity index is 466. The zero-order valence-corrected chi connectivity index (χ0v) is 8.74. The Balaban J connectivity index is 2.08. The molecule has 4 heteroatoms. The Morgan fingerprint density at radius 1 is 1.38 bits per heavy atom. The van der Waals surface area contributed by atoms with Gasteiger partial charge in [0, 0.05) is 12.0 Å². The zero-order valence-electron chi connectivity index (χ0n) is 8.74. The number of halogens is 1. The Morgan fingerprint density at radius 2 is 2.19 bits per heavy atom. The predicted octanol–water partition coefficient (Wildman–Crippen LogP) is 2.71. The zero-order chi connectivity index (χ0) is 11.2. The smallest absolute Gasteiger partial charge is 0.129 e. The maximum atomic E-state index is 13.1. The van der Waals surface area contributed by atoms with E-state index in [1.807, 2.05) is 0 Å². The van der Waals surface area contributed by atoms with Crippen LogP contribution in [0, 0.1) is 5.82 Å². The summed E-state index contributed by atoms with van der Waals surface area (Å²) < 4.78 is 19.0. The maximum absolute atomic E-state index is 13.1. The first kappa shape index (κ1) is 9.63. The van der Waals surface area contributed by atoms with Gasteiger partial charge in [-0.2, -0.15) is 0 Å². The predicted molar refractivity (Wildman–Crippen MR) is 56.6 cm³/mol. The van der Waals surface area contributed by atoms with E-state index in [0.29, 0.717) is 23.4 Å². The largest absolute Gasteiger partial charge is 0.486 e. The van der Waals surface area contributed by atoms with Crippen LogP contribution < -0.4 is 4.74 Å². The molecule has 1 fully saturated rings. The van der Waals surface area contributed by atoms with Gasteiger partial charge >= 0.3 is 0 Å². The van der Waals surface area contributed by atoms with Crippen molar-refractivity contribution in [3.63, 3.8) is 0 Å². The molecule has 0 saturated heterocycles. The lowest BCUT2D eigenvalue weighted by Crippen LogP contribution is -2.47. The molecule has 0 aromatic heterocycles. The van der Waals surface area contributed by atoms with Gasteiger partial charge in [0.1, 0.15) is 17.2 Å². The Kier molecular flexibility index (Phi) is 1.93. The van der Waals surface area contributed by atoms with E-state index in [1.54, 1.807) is 6.07 Å². The van der Waals surface area contributed by atoms with Crippen molar-refractivity contribution in [3.05, 3.63) is 29.6 Å². The number of rotatable bonds is 0. The number of hydrogen-bond acceptors (Lipinski definition) is 3. The van der Waals surface area contributed by atoms with Crippen LogP contribution in [0.1, 0.15) is 31.2 Å². The lowest BCUT2D eigenvalue weighted by atomic mass is 9.74. The Labute approximate surface area is 92.5 Å². The molecule has 84 valence electrons. The van der Waals surface area contributed by atoms with Crippen molar-refractivity contribution >= 4 is 5.71 Å². The summed E-state index contributed by atoms with van der Waals surface area (Å²) in [5.41, 5.74) is 0.896. The Hall–Kier alpha value is -1.58. The minimum Gasteiger partial charge on any atom is -0.486 e. The van der Waals surface area contributed by atoms with E-state index in [0.717, 1.165) is 19.3 Å². The summed E-state index contributed by atoms with van der Waals surface area (Å²) in [6.45, 7) is 0. The first-order chi connectivity index (χ1) is 7.72. The summed E-state index contributed by atoms with van der Waals surface area (Å²) >= 11 is 0. The lowest BCUT2D eigenvalue weighted by Gasteiger charge is -2.45. The van der Waals surface area contributed by atoms with Crippen LogP contribution in [0.5, 0.6) is 5.75 Å². The lowest BCUT2D eigenvalue weighted by molar-refractivity contribution is -0.00553. The van der Waals surface area contributed by atoms with Crippen molar-refractivity contribution in [1.82, 2.24) is 0 Å². The second-order valence-electron chi connectivity index (χ2n) is 4.50. The third-order valence-corrected chi connectivity index (χ3v) is 3.45. The molecule has 3 rings (SSSR count). The number of oxime groups is 1. The highest BCUT2D eigenvalue weighted by molar-refractivity contribution is 6.04. The summed E-state index contributed by atoms with van der Waals surface area (Å²) in [6.07, 6.45) is 3.65. The van der Waals surface area contributed by atoms with Crippen LogP contribution in [0.2, 0.25) is 0 Å². The summed E-state index contributed by atoms with van der Waals surface area (Å²) in [5.74, 6) is 0.285. The summed E-state index contributed by atoms with van der Waals surface area (Å²) in [5, 5.41) is 12.3. The second kappa shape index (κ2) is 3.20. The number of nitrogens with zero attached hydrogens (tertiary/aromatic N) is 1. The molecule has 16 heavy (non-hydrogen) atoms. The van der Waals surface area contributed by atoms with Crippen LogP contribution in [0.25, 0.3) is 0 Å². The molecule has 1 aromatic carbocycles. The monoisotopic (exact) mass is 221 g/mol. The van der Waals surface area contributed by atoms with E-state index in [1.165, 1.54) is 12.1 Å². The molecule has 0 radical (unpaired) electrons. The van der Waals surface area contributed by atoms with E-state index >= 15 is 0 Å². The van der Waals surface area contributed by atoms with E-state index in [-0.39, 0.29) is 11.4 Å². The molecule has 1 aliphatic heterocycles. The van der Waals surface area contributed by atoms with Crippen molar-refractivity contribution in [2.75, 3.05) is 0 Å². The van der Waals surface area contributed by atoms with Gasteiger partial charge in [0.25, 0.3) is 0 Å². The van der Waals surface area contributed by atoms with Gasteiger partial charge in [0.15, 0.2) is 0 Å². The van der Waals surface area contributed by atoms with Gasteiger partial charge in [-0.15, -0.1) is 0 Å². The molecule has 0 amide bonds. The van der Waals surface area contributed by atoms with Gasteiger partial charge in [-0.25, -0.2) is 4.39 Å². The average Bonchev–Trinajstić information content (AvgIpc) is 2.25. The van der Waals surface area contributed by atoms with Crippen LogP contribution in [-0.4, -0.2) is 16.5 Å². The van der Waals surface area contributed by atoms with Crippen LogP contribution in [-0.2, 0) is 0 Å². The molecular formula is C12H12FNO2. The van der Waals surface area contributed by atoms with Gasteiger partial charge in [-0.05, 0) is 37.5 Å². The average molecular weight is 221 g/mol. The molecule has 1 saturated carbocycles. The number of benzene rings is 1. The molecule has 0 unspecified atom stereocenters. The third-order valence-electron chi connectivity index (χ3n) is 3.45. The molecule has 0 atom stereocenters. The van der Waals surface area contributed by atoms with Gasteiger partial charge in [0.2, 0.25) is 0 Å². The molecule has 1 N–H and O–H groups in total. The van der Waals surface area contributed by atoms with E-state index in [4.69, 9.17) is 9.94 Å². The highest BCUT2D eigenvalue weighted by Crippen LogP contribution is 2.45. The quantitative estimate of drug-likeness (QED) is 0.540. The van der Waals surface area contributed by atoms with Gasteiger partial charge < -0.3 is 9.94 Å². The Morgan fingerprint density at radius 3 is 2.81 bits per heavy atom. The van der Waals surface area contributed by atoms with Crippen LogP contribution in [0.15, 0.2) is 23.4 Å². The van der Waals surface area contributed by atoms with E-state index in [2.05, 4.69) is 5.16 Å². The minimum absolute atomic E-state index is 0.202. The number of ether oxygens (including phenoxy) is 1. The van der Waals surface area contributed by atoms with Crippen LogP contribution >= 0.6 is 0 Å². The van der Waals surface area contributed by atoms with E-state index in [9.17, 15) is 4.39 Å². The normalized spacial score (nSPS) is 23.7. The summed E-state index contributed by atoms with van der Waals surface area (Å²) in [7, 11) is 0. The SMILES string of the molecule is ON=C1CC2(CCC2)Oc2ccc(F)cc21. The molecule has 1 heterocycles. The third kappa shape index (κ3) is 1.29. The highest BCUT2D eigenvalue weighted by atomic mass is 19.1. The standard InChI is InChI=1S/C12H12FNO2/c13-8-2-3-11-9(6-8)10(14-15)7-12(16-11)4-1-5-12/h2-3,6,15H,1,4-5,7H2. The van der Waals surface area contributed by atoms with Gasteiger partial charge in [-0.3, -0.25) is 0 Å². The fourth-order valence-electron chi connectivity index (χ4n) is 2.43. The van der Waals surface area contributed by atoms with E-state index < -0.39 is 0 Å². The van der Waals surface area contributed by atoms with Crippen molar-refractivity contribution in [2.45, 2.75) is 31.3 Å². The number of fused-ring (bicyclic) bond motifs is 1. The fraction of sp³-hybridized carbons (Fsp3) is 0.417.